The summed E-state index contributed by atoms with van der Waals surface area (Å²) >= 11 is 6.02. The number of anilines is 1. The van der Waals surface area contributed by atoms with Crippen LogP contribution in [0.5, 0.6) is 0 Å². The van der Waals surface area contributed by atoms with Gasteiger partial charge in [0.05, 0.1) is 6.61 Å². The molecule has 1 atom stereocenters. The fourth-order valence-corrected chi connectivity index (χ4v) is 3.07. The molecule has 1 unspecified atom stereocenters. The normalized spacial score (nSPS) is 21.5. The Labute approximate surface area is 120 Å². The summed E-state index contributed by atoms with van der Waals surface area (Å²) in [5.41, 5.74) is 2.06. The van der Waals surface area contributed by atoms with E-state index in [0.717, 1.165) is 43.7 Å². The number of hydrogen-bond donors (Lipinski definition) is 1. The SMILES string of the molecule is CCC1CN(C)CCCN1c1ccc(Cl)cc1CO. The highest BCUT2D eigenvalue weighted by molar-refractivity contribution is 6.30. The van der Waals surface area contributed by atoms with Crippen molar-refractivity contribution in [1.82, 2.24) is 4.90 Å². The molecule has 1 aliphatic heterocycles. The molecule has 3 nitrogen and oxygen atoms in total. The Balaban J connectivity index is 2.32. The van der Waals surface area contributed by atoms with Crippen LogP contribution in [0.2, 0.25) is 5.02 Å². The lowest BCUT2D eigenvalue weighted by molar-refractivity contribution is 0.281. The average molecular weight is 283 g/mol. The van der Waals surface area contributed by atoms with Gasteiger partial charge >= 0.3 is 0 Å². The summed E-state index contributed by atoms with van der Waals surface area (Å²) in [4.78, 5) is 4.83. The molecule has 1 aliphatic rings. The van der Waals surface area contributed by atoms with Gasteiger partial charge in [0.15, 0.2) is 0 Å². The molecule has 0 radical (unpaired) electrons. The van der Waals surface area contributed by atoms with Crippen LogP contribution in [0.1, 0.15) is 25.3 Å². The maximum atomic E-state index is 9.56. The Bertz CT molecular complexity index is 425. The van der Waals surface area contributed by atoms with Crippen molar-refractivity contribution in [3.05, 3.63) is 28.8 Å². The predicted octanol–water partition coefficient (Wildman–Crippen LogP) is 2.75. The van der Waals surface area contributed by atoms with Crippen molar-refractivity contribution >= 4 is 17.3 Å². The first kappa shape index (κ1) is 14.6. The summed E-state index contributed by atoms with van der Waals surface area (Å²) in [6.07, 6.45) is 2.26. The first-order valence-corrected chi connectivity index (χ1v) is 7.38. The number of aliphatic hydroxyl groups excluding tert-OH is 1. The van der Waals surface area contributed by atoms with Crippen LogP contribution in [-0.2, 0) is 6.61 Å². The molecule has 106 valence electrons. The van der Waals surface area contributed by atoms with Crippen LogP contribution in [0.4, 0.5) is 5.69 Å². The smallest absolute Gasteiger partial charge is 0.0702 e. The van der Waals surface area contributed by atoms with E-state index in [2.05, 4.69) is 23.8 Å². The Hall–Kier alpha value is -0.770. The van der Waals surface area contributed by atoms with E-state index in [1.165, 1.54) is 0 Å². The molecule has 0 aliphatic carbocycles. The molecule has 1 fully saturated rings. The van der Waals surface area contributed by atoms with E-state index in [9.17, 15) is 5.11 Å². The molecule has 1 saturated heterocycles. The minimum Gasteiger partial charge on any atom is -0.392 e. The van der Waals surface area contributed by atoms with Crippen molar-refractivity contribution in [3.8, 4) is 0 Å². The van der Waals surface area contributed by atoms with Crippen molar-refractivity contribution < 1.29 is 5.11 Å². The maximum Gasteiger partial charge on any atom is 0.0702 e. The molecule has 1 N–H and O–H groups in total. The van der Waals surface area contributed by atoms with Crippen LogP contribution in [0.25, 0.3) is 0 Å². The van der Waals surface area contributed by atoms with Crippen LogP contribution >= 0.6 is 11.6 Å². The fourth-order valence-electron chi connectivity index (χ4n) is 2.87. The first-order valence-electron chi connectivity index (χ1n) is 7.00. The molecular weight excluding hydrogens is 260 g/mol. The van der Waals surface area contributed by atoms with Crippen LogP contribution in [0.15, 0.2) is 18.2 Å². The van der Waals surface area contributed by atoms with E-state index in [1.807, 2.05) is 18.2 Å². The van der Waals surface area contributed by atoms with Gasteiger partial charge in [-0.05, 0) is 44.6 Å². The van der Waals surface area contributed by atoms with Gasteiger partial charge in [0, 0.05) is 35.4 Å². The lowest BCUT2D eigenvalue weighted by Gasteiger charge is -2.33. The molecule has 19 heavy (non-hydrogen) atoms. The van der Waals surface area contributed by atoms with Crippen molar-refractivity contribution in [1.29, 1.82) is 0 Å². The second kappa shape index (κ2) is 6.60. The first-order chi connectivity index (χ1) is 9.15. The maximum absolute atomic E-state index is 9.56. The summed E-state index contributed by atoms with van der Waals surface area (Å²) < 4.78 is 0. The van der Waals surface area contributed by atoms with Gasteiger partial charge in [0.1, 0.15) is 0 Å². The second-order valence-electron chi connectivity index (χ2n) is 5.30. The monoisotopic (exact) mass is 282 g/mol. The number of rotatable bonds is 3. The summed E-state index contributed by atoms with van der Waals surface area (Å²) in [6, 6.07) is 6.33. The van der Waals surface area contributed by atoms with E-state index in [4.69, 9.17) is 11.6 Å². The molecule has 1 aromatic rings. The molecule has 4 heteroatoms. The second-order valence-corrected chi connectivity index (χ2v) is 5.74. The molecule has 1 aromatic carbocycles. The third-order valence-corrected chi connectivity index (χ3v) is 4.13. The number of hydrogen-bond acceptors (Lipinski definition) is 3. The summed E-state index contributed by atoms with van der Waals surface area (Å²) in [5.74, 6) is 0. The molecular formula is C15H23ClN2O. The van der Waals surface area contributed by atoms with E-state index in [1.54, 1.807) is 0 Å². The fraction of sp³-hybridized carbons (Fsp3) is 0.600. The van der Waals surface area contributed by atoms with Gasteiger partial charge in [-0.25, -0.2) is 0 Å². The van der Waals surface area contributed by atoms with Crippen molar-refractivity contribution in [3.63, 3.8) is 0 Å². The van der Waals surface area contributed by atoms with Gasteiger partial charge < -0.3 is 14.9 Å². The summed E-state index contributed by atoms with van der Waals surface area (Å²) in [5, 5.41) is 10.2. The molecule has 0 aromatic heterocycles. The van der Waals surface area contributed by atoms with Gasteiger partial charge in [-0.15, -0.1) is 0 Å². The lowest BCUT2D eigenvalue weighted by Crippen LogP contribution is -2.40. The highest BCUT2D eigenvalue weighted by Gasteiger charge is 2.23. The predicted molar refractivity (Wildman–Crippen MR) is 80.9 cm³/mol. The van der Waals surface area contributed by atoms with Crippen LogP contribution in [0.3, 0.4) is 0 Å². The highest BCUT2D eigenvalue weighted by atomic mass is 35.5. The zero-order chi connectivity index (χ0) is 13.8. The Morgan fingerprint density at radius 3 is 2.84 bits per heavy atom. The van der Waals surface area contributed by atoms with Gasteiger partial charge in [-0.1, -0.05) is 18.5 Å². The number of halogens is 1. The minimum atomic E-state index is 0.0403. The molecule has 2 rings (SSSR count). The quantitative estimate of drug-likeness (QED) is 0.923. The molecule has 0 saturated carbocycles. The Kier molecular flexibility index (Phi) is 5.08. The van der Waals surface area contributed by atoms with Crippen LogP contribution in [-0.4, -0.2) is 42.7 Å². The van der Waals surface area contributed by atoms with Gasteiger partial charge in [-0.2, -0.15) is 0 Å². The zero-order valence-electron chi connectivity index (χ0n) is 11.8. The molecule has 0 amide bonds. The van der Waals surface area contributed by atoms with Crippen molar-refractivity contribution in [2.24, 2.45) is 0 Å². The highest BCUT2D eigenvalue weighted by Crippen LogP contribution is 2.28. The summed E-state index contributed by atoms with van der Waals surface area (Å²) in [6.45, 7) is 5.51. The zero-order valence-corrected chi connectivity index (χ0v) is 12.5. The minimum absolute atomic E-state index is 0.0403. The topological polar surface area (TPSA) is 26.7 Å². The van der Waals surface area contributed by atoms with Crippen molar-refractivity contribution in [2.75, 3.05) is 31.6 Å². The number of likely N-dealkylation sites (N-methyl/N-ethyl adjacent to an activating group) is 1. The number of aliphatic hydroxyl groups is 1. The van der Waals surface area contributed by atoms with Gasteiger partial charge in [0.25, 0.3) is 0 Å². The number of nitrogens with zero attached hydrogens (tertiary/aromatic N) is 2. The van der Waals surface area contributed by atoms with E-state index >= 15 is 0 Å². The molecule has 0 bridgehead atoms. The largest absolute Gasteiger partial charge is 0.392 e. The third-order valence-electron chi connectivity index (χ3n) is 3.89. The Morgan fingerprint density at radius 2 is 2.16 bits per heavy atom. The van der Waals surface area contributed by atoms with Gasteiger partial charge in [0.2, 0.25) is 0 Å². The van der Waals surface area contributed by atoms with Crippen LogP contribution in [0, 0.1) is 0 Å². The average Bonchev–Trinajstić information content (AvgIpc) is 2.60. The molecule has 1 heterocycles. The van der Waals surface area contributed by atoms with Crippen LogP contribution < -0.4 is 4.90 Å². The standard InChI is InChI=1S/C15H23ClN2O/c1-3-14-10-17(2)7-4-8-18(14)15-6-5-13(16)9-12(15)11-19/h5-6,9,14,19H,3-4,7-8,10-11H2,1-2H3. The van der Waals surface area contributed by atoms with E-state index in [-0.39, 0.29) is 6.61 Å². The molecule has 0 spiro atoms. The Morgan fingerprint density at radius 1 is 1.37 bits per heavy atom. The third kappa shape index (κ3) is 3.41. The van der Waals surface area contributed by atoms with E-state index < -0.39 is 0 Å². The lowest BCUT2D eigenvalue weighted by atomic mass is 10.1. The van der Waals surface area contributed by atoms with Gasteiger partial charge in [-0.3, -0.25) is 0 Å². The summed E-state index contributed by atoms with van der Waals surface area (Å²) in [7, 11) is 2.18. The van der Waals surface area contributed by atoms with E-state index in [0.29, 0.717) is 11.1 Å². The van der Waals surface area contributed by atoms with Crippen molar-refractivity contribution in [2.45, 2.75) is 32.4 Å². The number of benzene rings is 1.